The minimum atomic E-state index is -0.825. The van der Waals surface area contributed by atoms with Gasteiger partial charge in [-0.15, -0.1) is 0 Å². The molecule has 0 saturated heterocycles. The third-order valence-electron chi connectivity index (χ3n) is 3.86. The van der Waals surface area contributed by atoms with E-state index < -0.39 is 5.97 Å². The number of rotatable bonds is 5. The molecule has 4 heteroatoms. The minimum Gasteiger partial charge on any atom is -0.481 e. The van der Waals surface area contributed by atoms with Gasteiger partial charge in [-0.05, 0) is 18.4 Å². The lowest BCUT2D eigenvalue weighted by molar-refractivity contribution is -0.136. The van der Waals surface area contributed by atoms with E-state index in [2.05, 4.69) is 21.7 Å². The second kappa shape index (κ2) is 5.49. The molecule has 1 heterocycles. The van der Waals surface area contributed by atoms with Gasteiger partial charge in [-0.1, -0.05) is 36.8 Å². The Hall–Kier alpha value is -2.10. The van der Waals surface area contributed by atoms with Crippen LogP contribution in [0.2, 0.25) is 0 Å². The molecule has 104 valence electrons. The molecule has 0 aliphatic heterocycles. The van der Waals surface area contributed by atoms with Gasteiger partial charge >= 0.3 is 5.97 Å². The number of aromatic nitrogens is 2. The monoisotopic (exact) mass is 270 g/mol. The first kappa shape index (κ1) is 12.9. The Bertz CT molecular complexity index is 600. The largest absolute Gasteiger partial charge is 0.481 e. The predicted molar refractivity (Wildman–Crippen MR) is 75.7 cm³/mol. The number of carboxylic acids is 1. The molecule has 20 heavy (non-hydrogen) atoms. The van der Waals surface area contributed by atoms with Crippen molar-refractivity contribution in [3.63, 3.8) is 0 Å². The fraction of sp³-hybridized carbons (Fsp3) is 0.375. The maximum atomic E-state index is 10.9. The van der Waals surface area contributed by atoms with Crippen molar-refractivity contribution in [2.75, 3.05) is 0 Å². The molecule has 1 aromatic heterocycles. The van der Waals surface area contributed by atoms with Crippen molar-refractivity contribution in [2.24, 2.45) is 0 Å². The summed E-state index contributed by atoms with van der Waals surface area (Å²) < 4.78 is 2.12. The van der Waals surface area contributed by atoms with Gasteiger partial charge in [-0.3, -0.25) is 4.79 Å². The molecule has 2 aromatic rings. The van der Waals surface area contributed by atoms with Crippen LogP contribution in [0.4, 0.5) is 0 Å². The number of nitrogens with zero attached hydrogens (tertiary/aromatic N) is 2. The van der Waals surface area contributed by atoms with Crippen LogP contribution >= 0.6 is 0 Å². The first-order valence-corrected chi connectivity index (χ1v) is 7.04. The lowest BCUT2D eigenvalue weighted by Crippen LogP contribution is -2.15. The zero-order valence-electron chi connectivity index (χ0n) is 11.3. The molecule has 0 unspecified atom stereocenters. The summed E-state index contributed by atoms with van der Waals surface area (Å²) in [4.78, 5) is 15.4. The third-order valence-corrected chi connectivity index (χ3v) is 3.86. The number of aliphatic carboxylic acids is 1. The molecule has 1 aromatic carbocycles. The van der Waals surface area contributed by atoms with Crippen molar-refractivity contribution in [1.82, 2.24) is 9.55 Å². The number of carbonyl (C=O) groups is 1. The van der Waals surface area contributed by atoms with Gasteiger partial charge in [0.25, 0.3) is 0 Å². The van der Waals surface area contributed by atoms with Crippen molar-refractivity contribution in [3.05, 3.63) is 53.6 Å². The average molecular weight is 270 g/mol. The number of hydrogen-bond acceptors (Lipinski definition) is 2. The molecule has 0 amide bonds. The quantitative estimate of drug-likeness (QED) is 0.909. The van der Waals surface area contributed by atoms with E-state index >= 15 is 0 Å². The van der Waals surface area contributed by atoms with Crippen molar-refractivity contribution < 1.29 is 9.90 Å². The summed E-state index contributed by atoms with van der Waals surface area (Å²) in [7, 11) is 0. The fourth-order valence-corrected chi connectivity index (χ4v) is 2.63. The number of hydrogen-bond donors (Lipinski definition) is 1. The van der Waals surface area contributed by atoms with E-state index in [9.17, 15) is 4.79 Å². The summed E-state index contributed by atoms with van der Waals surface area (Å²) in [6.45, 7) is 0.763. The van der Waals surface area contributed by atoms with Crippen LogP contribution in [0.3, 0.4) is 0 Å². The van der Waals surface area contributed by atoms with E-state index in [0.29, 0.717) is 11.6 Å². The fourth-order valence-electron chi connectivity index (χ4n) is 2.63. The second-order valence-electron chi connectivity index (χ2n) is 5.40. The normalized spacial score (nSPS) is 15.0. The molecule has 1 N–H and O–H groups in total. The van der Waals surface area contributed by atoms with E-state index in [1.54, 1.807) is 0 Å². The van der Waals surface area contributed by atoms with Crippen LogP contribution in [0, 0.1) is 0 Å². The smallest absolute Gasteiger partial charge is 0.309 e. The molecule has 3 rings (SSSR count). The summed E-state index contributed by atoms with van der Waals surface area (Å²) in [5.41, 5.74) is 1.88. The number of benzene rings is 1. The van der Waals surface area contributed by atoms with Gasteiger partial charge in [0, 0.05) is 18.7 Å². The highest BCUT2D eigenvalue weighted by Gasteiger charge is 2.25. The van der Waals surface area contributed by atoms with Gasteiger partial charge in [0.15, 0.2) is 0 Å². The Balaban J connectivity index is 1.87. The van der Waals surface area contributed by atoms with Crippen LogP contribution in [0.25, 0.3) is 0 Å². The van der Waals surface area contributed by atoms with Crippen molar-refractivity contribution in [1.29, 1.82) is 0 Å². The summed E-state index contributed by atoms with van der Waals surface area (Å²) >= 11 is 0. The van der Waals surface area contributed by atoms with Crippen LogP contribution in [0.15, 0.2) is 36.5 Å². The van der Waals surface area contributed by atoms with E-state index in [1.165, 1.54) is 12.0 Å². The lowest BCUT2D eigenvalue weighted by atomic mass is 9.85. The summed E-state index contributed by atoms with van der Waals surface area (Å²) in [5.74, 6) is 0.729. The molecular weight excluding hydrogens is 252 g/mol. The van der Waals surface area contributed by atoms with Crippen molar-refractivity contribution in [2.45, 2.75) is 38.1 Å². The maximum absolute atomic E-state index is 10.9. The Morgan fingerprint density at radius 3 is 2.65 bits per heavy atom. The standard InChI is InChI=1S/C16H18N2O2/c19-15(20)9-14-11-18(10-12-5-2-1-3-6-12)16(17-14)13-7-4-8-13/h1-3,5-6,11,13H,4,7-10H2,(H,19,20). The lowest BCUT2D eigenvalue weighted by Gasteiger charge is -2.25. The van der Waals surface area contributed by atoms with Gasteiger partial charge in [0.1, 0.15) is 5.82 Å². The molecular formula is C16H18N2O2. The molecule has 0 spiro atoms. The van der Waals surface area contributed by atoms with Crippen molar-refractivity contribution >= 4 is 5.97 Å². The molecule has 1 aliphatic rings. The first-order valence-electron chi connectivity index (χ1n) is 7.04. The topological polar surface area (TPSA) is 55.1 Å². The molecule has 0 radical (unpaired) electrons. The van der Waals surface area contributed by atoms with Crippen LogP contribution < -0.4 is 0 Å². The zero-order chi connectivity index (χ0) is 13.9. The minimum absolute atomic E-state index is 0.00150. The number of imidazole rings is 1. The van der Waals surface area contributed by atoms with E-state index in [4.69, 9.17) is 5.11 Å². The highest BCUT2D eigenvalue weighted by molar-refractivity contribution is 5.69. The van der Waals surface area contributed by atoms with Crippen LogP contribution in [-0.4, -0.2) is 20.6 Å². The van der Waals surface area contributed by atoms with Crippen LogP contribution in [0.1, 0.15) is 42.3 Å². The van der Waals surface area contributed by atoms with E-state index in [-0.39, 0.29) is 6.42 Å². The Morgan fingerprint density at radius 2 is 2.05 bits per heavy atom. The molecule has 4 nitrogen and oxygen atoms in total. The third kappa shape index (κ3) is 2.74. The highest BCUT2D eigenvalue weighted by Crippen LogP contribution is 2.36. The first-order chi connectivity index (χ1) is 9.72. The van der Waals surface area contributed by atoms with Gasteiger partial charge in [-0.2, -0.15) is 0 Å². The maximum Gasteiger partial charge on any atom is 0.309 e. The zero-order valence-corrected chi connectivity index (χ0v) is 11.3. The molecule has 0 bridgehead atoms. The SMILES string of the molecule is O=C(O)Cc1cn(Cc2ccccc2)c(C2CCC2)n1. The van der Waals surface area contributed by atoms with E-state index in [1.807, 2.05) is 24.4 Å². The average Bonchev–Trinajstić information content (AvgIpc) is 2.70. The molecule has 1 fully saturated rings. The Labute approximate surface area is 118 Å². The Morgan fingerprint density at radius 1 is 1.30 bits per heavy atom. The van der Waals surface area contributed by atoms with Crippen molar-refractivity contribution in [3.8, 4) is 0 Å². The molecule has 1 saturated carbocycles. The van der Waals surface area contributed by atoms with E-state index in [0.717, 1.165) is 25.2 Å². The predicted octanol–water partition coefficient (Wildman–Crippen LogP) is 2.83. The molecule has 0 atom stereocenters. The van der Waals surface area contributed by atoms with Gasteiger partial charge in [-0.25, -0.2) is 4.98 Å². The van der Waals surface area contributed by atoms with Gasteiger partial charge in [0.2, 0.25) is 0 Å². The van der Waals surface area contributed by atoms with Crippen LogP contribution in [-0.2, 0) is 17.8 Å². The van der Waals surface area contributed by atoms with Crippen LogP contribution in [0.5, 0.6) is 0 Å². The number of carboxylic acid groups (broad SMARTS) is 1. The summed E-state index contributed by atoms with van der Waals surface area (Å²) in [5, 5.41) is 8.92. The summed E-state index contributed by atoms with van der Waals surface area (Å²) in [6, 6.07) is 10.2. The molecule has 1 aliphatic carbocycles. The summed E-state index contributed by atoms with van der Waals surface area (Å²) in [6.07, 6.45) is 5.48. The Kier molecular flexibility index (Phi) is 3.54. The van der Waals surface area contributed by atoms with Gasteiger partial charge in [0.05, 0.1) is 12.1 Å². The second-order valence-corrected chi connectivity index (χ2v) is 5.40. The highest BCUT2D eigenvalue weighted by atomic mass is 16.4. The van der Waals surface area contributed by atoms with Gasteiger partial charge < -0.3 is 9.67 Å².